The molecule has 8 rings (SSSR count). The number of aromatic nitrogens is 6. The number of benzene rings is 3. The molecule has 2 aliphatic rings. The normalized spacial score (nSPS) is 15.4. The Hall–Kier alpha value is -7.54. The van der Waals surface area contributed by atoms with Crippen LogP contribution in [-0.2, 0) is 20.9 Å². The molecule has 2 saturated heterocycles. The minimum Gasteiger partial charge on any atom is -0.490 e. The fraction of sp³-hybridized carbons (Fsp3) is 0.333. The molecule has 16 nitrogen and oxygen atoms in total. The highest BCUT2D eigenvalue weighted by Crippen LogP contribution is 2.24. The SMILES string of the molecule is N#Cc1cccc(-c2ccc(=O)n(Cc3cccc(-c4ncc(OCC5CCN(C(=O)CCCCCCNc6ccc7c(=O)n(C8CCC(=O)NC8=O)ncc7c6)CC5)cn4)c3)n2)c1. The molecule has 0 spiro atoms. The van der Waals surface area contributed by atoms with Crippen molar-refractivity contribution in [2.45, 2.75) is 70.4 Å². The number of amides is 3. The van der Waals surface area contributed by atoms with E-state index in [1.807, 2.05) is 47.4 Å². The van der Waals surface area contributed by atoms with Crippen LogP contribution in [0, 0.1) is 17.2 Å². The Morgan fingerprint density at radius 1 is 0.859 bits per heavy atom. The highest BCUT2D eigenvalue weighted by molar-refractivity contribution is 5.99. The van der Waals surface area contributed by atoms with Crippen molar-refractivity contribution < 1.29 is 19.1 Å². The molecular weight excluding hydrogens is 813 g/mol. The topological polar surface area (TPSA) is 207 Å². The summed E-state index contributed by atoms with van der Waals surface area (Å²) in [5.74, 6) is 0.790. The van der Waals surface area contributed by atoms with Gasteiger partial charge in [0.15, 0.2) is 11.6 Å². The number of nitrogens with one attached hydrogen (secondary N) is 2. The Bertz CT molecular complexity index is 2830. The van der Waals surface area contributed by atoms with Crippen LogP contribution in [0.3, 0.4) is 0 Å². The zero-order valence-corrected chi connectivity index (χ0v) is 35.3. The summed E-state index contributed by atoms with van der Waals surface area (Å²) < 4.78 is 8.64. The number of hydrogen-bond acceptors (Lipinski definition) is 12. The third kappa shape index (κ3) is 10.6. The number of fused-ring (bicyclic) bond motifs is 1. The molecule has 2 fully saturated rings. The van der Waals surface area contributed by atoms with E-state index in [0.717, 1.165) is 85.2 Å². The molecule has 0 radical (unpaired) electrons. The summed E-state index contributed by atoms with van der Waals surface area (Å²) in [4.78, 5) is 73.6. The van der Waals surface area contributed by atoms with Gasteiger partial charge in [-0.05, 0) is 86.1 Å². The zero-order valence-electron chi connectivity index (χ0n) is 35.3. The molecular formula is C48H48N10O6. The standard InChI is InChI=1S/C48H48N10O6/c49-26-33-7-5-9-35(23-33)41-14-17-45(61)57(55-41)30-34-8-6-10-36(24-34)46-51-28-39(29-52-46)64-31-32-18-21-56(22-19-32)44(60)11-3-1-2-4-20-50-38-12-13-40-37(25-38)27-53-58(48(40)63)42-15-16-43(59)54-47(42)62/h5-10,12-14,17,23-25,27-29,32,42,50H,1-4,11,15-16,18-22,30-31H2,(H,54,59,62). The molecule has 64 heavy (non-hydrogen) atoms. The summed E-state index contributed by atoms with van der Waals surface area (Å²) in [6.07, 6.45) is 11.3. The number of imide groups is 1. The monoisotopic (exact) mass is 860 g/mol. The first-order valence-corrected chi connectivity index (χ1v) is 21.7. The van der Waals surface area contributed by atoms with Crippen molar-refractivity contribution in [1.82, 2.24) is 39.7 Å². The average Bonchev–Trinajstić information content (AvgIpc) is 3.32. The molecule has 3 aromatic carbocycles. The Morgan fingerprint density at radius 3 is 2.47 bits per heavy atom. The van der Waals surface area contributed by atoms with E-state index in [9.17, 15) is 29.2 Å². The molecule has 2 aliphatic heterocycles. The van der Waals surface area contributed by atoms with Gasteiger partial charge in [-0.1, -0.05) is 43.2 Å². The predicted molar refractivity (Wildman–Crippen MR) is 239 cm³/mol. The minimum atomic E-state index is -0.798. The molecule has 5 heterocycles. The number of carbonyl (C=O) groups is 3. The maximum absolute atomic E-state index is 13.1. The first-order valence-electron chi connectivity index (χ1n) is 21.7. The van der Waals surface area contributed by atoms with Crippen LogP contribution in [0.1, 0.15) is 75.0 Å². The second-order valence-electron chi connectivity index (χ2n) is 16.2. The fourth-order valence-electron chi connectivity index (χ4n) is 8.11. The minimum absolute atomic E-state index is 0.169. The van der Waals surface area contributed by atoms with E-state index < -0.39 is 11.9 Å². The smallest absolute Gasteiger partial charge is 0.275 e. The number of rotatable bonds is 16. The van der Waals surface area contributed by atoms with E-state index >= 15 is 0 Å². The van der Waals surface area contributed by atoms with Gasteiger partial charge in [-0.3, -0.25) is 29.3 Å². The molecule has 3 amide bonds. The predicted octanol–water partition coefficient (Wildman–Crippen LogP) is 5.65. The lowest BCUT2D eigenvalue weighted by Gasteiger charge is -2.32. The highest BCUT2D eigenvalue weighted by atomic mass is 16.5. The van der Waals surface area contributed by atoms with E-state index in [0.29, 0.717) is 52.5 Å². The van der Waals surface area contributed by atoms with Crippen molar-refractivity contribution in [3.8, 4) is 34.5 Å². The highest BCUT2D eigenvalue weighted by Gasteiger charge is 2.30. The van der Waals surface area contributed by atoms with Crippen molar-refractivity contribution in [2.75, 3.05) is 31.6 Å². The third-order valence-corrected chi connectivity index (χ3v) is 11.7. The molecule has 16 heteroatoms. The molecule has 0 aliphatic carbocycles. The molecule has 6 aromatic rings. The fourth-order valence-corrected chi connectivity index (χ4v) is 8.11. The maximum atomic E-state index is 13.1. The van der Waals surface area contributed by atoms with Crippen molar-refractivity contribution in [3.63, 3.8) is 0 Å². The Kier molecular flexibility index (Phi) is 13.5. The van der Waals surface area contributed by atoms with Crippen LogP contribution in [0.15, 0.2) is 107 Å². The van der Waals surface area contributed by atoms with Gasteiger partial charge in [-0.2, -0.15) is 15.5 Å². The molecule has 1 unspecified atom stereocenters. The average molecular weight is 861 g/mol. The summed E-state index contributed by atoms with van der Waals surface area (Å²) in [6, 6.07) is 24.7. The van der Waals surface area contributed by atoms with E-state index in [2.05, 4.69) is 36.9 Å². The van der Waals surface area contributed by atoms with Crippen molar-refractivity contribution >= 4 is 34.2 Å². The van der Waals surface area contributed by atoms with Gasteiger partial charge >= 0.3 is 0 Å². The lowest BCUT2D eigenvalue weighted by Crippen LogP contribution is -2.45. The van der Waals surface area contributed by atoms with Gasteiger partial charge in [0.2, 0.25) is 11.8 Å². The summed E-state index contributed by atoms with van der Waals surface area (Å²) >= 11 is 0. The Labute approximate surface area is 368 Å². The number of hydrogen-bond donors (Lipinski definition) is 2. The van der Waals surface area contributed by atoms with Crippen LogP contribution in [0.4, 0.5) is 5.69 Å². The van der Waals surface area contributed by atoms with Gasteiger partial charge in [-0.15, -0.1) is 0 Å². The zero-order chi connectivity index (χ0) is 44.4. The van der Waals surface area contributed by atoms with E-state index in [-0.39, 0.29) is 42.3 Å². The number of carbonyl (C=O) groups excluding carboxylic acids is 3. The van der Waals surface area contributed by atoms with Gasteiger partial charge in [0, 0.05) is 60.7 Å². The summed E-state index contributed by atoms with van der Waals surface area (Å²) in [7, 11) is 0. The number of nitriles is 1. The molecule has 0 bridgehead atoms. The molecule has 0 saturated carbocycles. The number of ether oxygens (including phenoxy) is 1. The largest absolute Gasteiger partial charge is 0.490 e. The lowest BCUT2D eigenvalue weighted by atomic mass is 9.97. The lowest BCUT2D eigenvalue weighted by molar-refractivity contribution is -0.136. The number of likely N-dealkylation sites (tertiary alicyclic amines) is 1. The van der Waals surface area contributed by atoms with Gasteiger partial charge < -0.3 is 15.0 Å². The number of piperidine rings is 2. The van der Waals surface area contributed by atoms with Crippen LogP contribution >= 0.6 is 0 Å². The van der Waals surface area contributed by atoms with Crippen molar-refractivity contribution in [1.29, 1.82) is 5.26 Å². The van der Waals surface area contributed by atoms with Gasteiger partial charge in [0.1, 0.15) is 6.04 Å². The summed E-state index contributed by atoms with van der Waals surface area (Å²) in [6.45, 7) is 2.96. The molecule has 1 atom stereocenters. The first kappa shape index (κ1) is 43.1. The number of anilines is 1. The van der Waals surface area contributed by atoms with E-state index in [1.165, 1.54) is 10.7 Å². The molecule has 326 valence electrons. The first-order chi connectivity index (χ1) is 31.2. The number of unbranched alkanes of at least 4 members (excludes halogenated alkanes) is 3. The van der Waals surface area contributed by atoms with Crippen LogP contribution in [0.5, 0.6) is 5.75 Å². The van der Waals surface area contributed by atoms with Crippen LogP contribution < -0.4 is 26.5 Å². The maximum Gasteiger partial charge on any atom is 0.275 e. The quantitative estimate of drug-likeness (QED) is 0.0894. The second-order valence-corrected chi connectivity index (χ2v) is 16.2. The molecule has 2 N–H and O–H groups in total. The van der Waals surface area contributed by atoms with Crippen LogP contribution in [0.2, 0.25) is 0 Å². The van der Waals surface area contributed by atoms with E-state index in [4.69, 9.17) is 4.74 Å². The summed E-state index contributed by atoms with van der Waals surface area (Å²) in [5.41, 5.74) is 3.81. The number of nitrogens with zero attached hydrogens (tertiary/aromatic N) is 8. The molecule has 3 aromatic heterocycles. The Balaban J connectivity index is 0.717. The van der Waals surface area contributed by atoms with E-state index in [1.54, 1.807) is 48.9 Å². The summed E-state index contributed by atoms with van der Waals surface area (Å²) in [5, 5.41) is 24.9. The van der Waals surface area contributed by atoms with Crippen molar-refractivity contribution in [2.24, 2.45) is 5.92 Å². The van der Waals surface area contributed by atoms with Crippen LogP contribution in [-0.4, -0.2) is 78.4 Å². The third-order valence-electron chi connectivity index (χ3n) is 11.7. The van der Waals surface area contributed by atoms with Gasteiger partial charge in [0.05, 0.1) is 54.5 Å². The second kappa shape index (κ2) is 20.1. The Morgan fingerprint density at radius 2 is 1.66 bits per heavy atom. The van der Waals surface area contributed by atoms with Crippen LogP contribution in [0.25, 0.3) is 33.4 Å². The van der Waals surface area contributed by atoms with Gasteiger partial charge in [-0.25, -0.2) is 19.3 Å². The van der Waals surface area contributed by atoms with Gasteiger partial charge in [0.25, 0.3) is 17.0 Å². The van der Waals surface area contributed by atoms with Crippen molar-refractivity contribution in [3.05, 3.63) is 129 Å².